The van der Waals surface area contributed by atoms with Gasteiger partial charge in [0.1, 0.15) is 6.54 Å². The van der Waals surface area contributed by atoms with E-state index in [9.17, 15) is 29.7 Å². The molecule has 0 fully saturated rings. The Labute approximate surface area is 148 Å². The van der Waals surface area contributed by atoms with Crippen LogP contribution in [0.25, 0.3) is 0 Å². The number of aliphatic hydroxyl groups is 1. The van der Waals surface area contributed by atoms with Crippen LogP contribution in [0.1, 0.15) is 40.0 Å². The molecular weight excluding hydrogens is 328 g/mol. The van der Waals surface area contributed by atoms with Crippen molar-refractivity contribution in [2.24, 2.45) is 0 Å². The molecule has 144 valence electrons. The Morgan fingerprint density at radius 3 is 2.04 bits per heavy atom. The summed E-state index contributed by atoms with van der Waals surface area (Å²) in [6, 6.07) is -2.05. The fourth-order valence-corrected chi connectivity index (χ4v) is 2.84. The maximum absolute atomic E-state index is 11.8. The summed E-state index contributed by atoms with van der Waals surface area (Å²) in [5.41, 5.74) is 0. The van der Waals surface area contributed by atoms with Gasteiger partial charge in [-0.25, -0.2) is 9.59 Å². The lowest BCUT2D eigenvalue weighted by Gasteiger charge is -2.44. The average molecular weight is 359 g/mol. The Kier molecular flexibility index (Phi) is 10.7. The van der Waals surface area contributed by atoms with Crippen LogP contribution in [0.2, 0.25) is 0 Å². The Bertz CT molecular complexity index is 458. The molecule has 2 atom stereocenters. The van der Waals surface area contributed by atoms with Crippen LogP contribution in [0, 0.1) is 0 Å². The van der Waals surface area contributed by atoms with E-state index in [1.807, 2.05) is 19.1 Å². The zero-order valence-electron chi connectivity index (χ0n) is 15.3. The van der Waals surface area contributed by atoms with Crippen molar-refractivity contribution in [2.75, 3.05) is 26.2 Å². The molecule has 0 radical (unpaired) electrons. The van der Waals surface area contributed by atoms with E-state index in [-0.39, 0.29) is 36.6 Å². The number of carbonyl (C=O) groups excluding carboxylic acids is 1. The second-order valence-corrected chi connectivity index (χ2v) is 6.07. The second kappa shape index (κ2) is 11.6. The normalized spacial score (nSPS) is 16.2. The van der Waals surface area contributed by atoms with E-state index in [1.165, 1.54) is 13.8 Å². The molecule has 8 nitrogen and oxygen atoms in total. The summed E-state index contributed by atoms with van der Waals surface area (Å²) < 4.78 is -0.336. The van der Waals surface area contributed by atoms with Gasteiger partial charge in [-0.2, -0.15) is 0 Å². The lowest BCUT2D eigenvalue weighted by atomic mass is 10.1. The predicted octanol–water partition coefficient (Wildman–Crippen LogP) is 0.604. The van der Waals surface area contributed by atoms with Gasteiger partial charge in [0, 0.05) is 6.42 Å². The third-order valence-corrected chi connectivity index (χ3v) is 4.56. The monoisotopic (exact) mass is 359 g/mol. The Balaban J connectivity index is 4.99. The fourth-order valence-electron chi connectivity index (χ4n) is 2.84. The number of carbonyl (C=O) groups is 3. The number of hydrogen-bond donors (Lipinski definition) is 4. The third kappa shape index (κ3) is 7.23. The van der Waals surface area contributed by atoms with Crippen LogP contribution >= 0.6 is 0 Å². The molecule has 1 amide bonds. The molecule has 0 saturated heterocycles. The standard InChI is InChI=1S/C17H30N2O6/c1-4-5-6-7-8-15(21)18-9-10-19(11-12-20,13(2)16(22)23)14(3)17(24)25/h5-6,13-14,20H,4,7-12H2,1-3H3,(H2-,18,21,22,23,24,25)/p+1/b6-5+. The number of rotatable bonds is 13. The van der Waals surface area contributed by atoms with Gasteiger partial charge < -0.3 is 20.6 Å². The Morgan fingerprint density at radius 2 is 1.60 bits per heavy atom. The van der Waals surface area contributed by atoms with Crippen molar-refractivity contribution in [3.8, 4) is 0 Å². The van der Waals surface area contributed by atoms with Gasteiger partial charge >= 0.3 is 11.9 Å². The minimum Gasteiger partial charge on any atom is -0.477 e. The molecule has 0 rings (SSSR count). The first-order valence-corrected chi connectivity index (χ1v) is 8.57. The van der Waals surface area contributed by atoms with Crippen molar-refractivity contribution >= 4 is 17.8 Å². The minimum atomic E-state index is -1.14. The number of amides is 1. The number of nitrogens with one attached hydrogen (secondary N) is 1. The molecule has 25 heavy (non-hydrogen) atoms. The zero-order valence-corrected chi connectivity index (χ0v) is 15.3. The van der Waals surface area contributed by atoms with Gasteiger partial charge in [0.25, 0.3) is 0 Å². The van der Waals surface area contributed by atoms with Crippen LogP contribution in [-0.4, -0.2) is 76.0 Å². The van der Waals surface area contributed by atoms with Crippen molar-refractivity contribution in [1.82, 2.24) is 5.32 Å². The van der Waals surface area contributed by atoms with E-state index in [1.54, 1.807) is 0 Å². The maximum Gasteiger partial charge on any atom is 0.362 e. The molecular formula is C17H31N2O6+. The highest BCUT2D eigenvalue weighted by Gasteiger charge is 2.46. The van der Waals surface area contributed by atoms with Gasteiger partial charge in [-0.1, -0.05) is 19.1 Å². The number of allylic oxidation sites excluding steroid dienone is 2. The number of aliphatic carboxylic acids is 2. The summed E-state index contributed by atoms with van der Waals surface area (Å²) in [5.74, 6) is -2.45. The summed E-state index contributed by atoms with van der Waals surface area (Å²) in [6.07, 6.45) is 5.74. The van der Waals surface area contributed by atoms with Crippen LogP contribution in [0.4, 0.5) is 0 Å². The van der Waals surface area contributed by atoms with Gasteiger partial charge in [-0.3, -0.25) is 9.28 Å². The molecule has 0 aliphatic rings. The first-order chi connectivity index (χ1) is 11.7. The van der Waals surface area contributed by atoms with Crippen LogP contribution in [0.15, 0.2) is 12.2 Å². The van der Waals surface area contributed by atoms with E-state index in [4.69, 9.17) is 0 Å². The topological polar surface area (TPSA) is 124 Å². The number of carboxylic acid groups (broad SMARTS) is 2. The molecule has 0 aromatic rings. The first kappa shape index (κ1) is 23.1. The number of aliphatic hydroxyl groups excluding tert-OH is 1. The van der Waals surface area contributed by atoms with Crippen molar-refractivity contribution in [1.29, 1.82) is 0 Å². The van der Waals surface area contributed by atoms with Gasteiger partial charge in [0.05, 0.1) is 19.7 Å². The van der Waals surface area contributed by atoms with Crippen molar-refractivity contribution in [3.05, 3.63) is 12.2 Å². The highest BCUT2D eigenvalue weighted by atomic mass is 16.4. The molecule has 0 spiro atoms. The fraction of sp³-hybridized carbons (Fsp3) is 0.706. The Morgan fingerprint density at radius 1 is 1.04 bits per heavy atom. The van der Waals surface area contributed by atoms with E-state index in [0.717, 1.165) is 6.42 Å². The molecule has 0 heterocycles. The summed E-state index contributed by atoms with van der Waals surface area (Å²) >= 11 is 0. The van der Waals surface area contributed by atoms with Gasteiger partial charge in [-0.05, 0) is 26.7 Å². The van der Waals surface area contributed by atoms with Crippen LogP contribution < -0.4 is 5.32 Å². The number of quaternary nitrogens is 1. The lowest BCUT2D eigenvalue weighted by Crippen LogP contribution is -2.67. The van der Waals surface area contributed by atoms with E-state index < -0.39 is 24.0 Å². The largest absolute Gasteiger partial charge is 0.477 e. The number of nitrogens with zero attached hydrogens (tertiary/aromatic N) is 1. The molecule has 0 bridgehead atoms. The molecule has 2 unspecified atom stereocenters. The van der Waals surface area contributed by atoms with Crippen LogP contribution in [-0.2, 0) is 14.4 Å². The molecule has 0 aliphatic carbocycles. The number of carboxylic acids is 2. The molecule has 8 heteroatoms. The molecule has 0 aromatic carbocycles. The van der Waals surface area contributed by atoms with Crippen LogP contribution in [0.5, 0.6) is 0 Å². The van der Waals surface area contributed by atoms with E-state index in [0.29, 0.717) is 12.8 Å². The molecule has 4 N–H and O–H groups in total. The lowest BCUT2D eigenvalue weighted by molar-refractivity contribution is -0.954. The smallest absolute Gasteiger partial charge is 0.362 e. The highest BCUT2D eigenvalue weighted by molar-refractivity contribution is 5.76. The summed E-state index contributed by atoms with van der Waals surface area (Å²) in [6.45, 7) is 4.75. The predicted molar refractivity (Wildman–Crippen MR) is 93.0 cm³/mol. The third-order valence-electron chi connectivity index (χ3n) is 4.56. The second-order valence-electron chi connectivity index (χ2n) is 6.07. The van der Waals surface area contributed by atoms with Gasteiger partial charge in [0.2, 0.25) is 5.91 Å². The summed E-state index contributed by atoms with van der Waals surface area (Å²) in [7, 11) is 0. The van der Waals surface area contributed by atoms with E-state index in [2.05, 4.69) is 5.32 Å². The quantitative estimate of drug-likeness (QED) is 0.282. The van der Waals surface area contributed by atoms with Crippen molar-refractivity contribution in [2.45, 2.75) is 52.1 Å². The molecule has 0 saturated carbocycles. The number of hydrogen-bond acceptors (Lipinski definition) is 4. The molecule has 0 aliphatic heterocycles. The van der Waals surface area contributed by atoms with Crippen molar-refractivity contribution in [3.63, 3.8) is 0 Å². The van der Waals surface area contributed by atoms with Gasteiger partial charge in [0.15, 0.2) is 12.1 Å². The SMILES string of the molecule is CC/C=C/CCC(=O)NCC[N+](CCO)(C(C)C(=O)O)C(C)C(=O)O. The van der Waals surface area contributed by atoms with E-state index >= 15 is 0 Å². The Hall–Kier alpha value is -1.93. The average Bonchev–Trinajstić information content (AvgIpc) is 2.56. The van der Waals surface area contributed by atoms with Crippen molar-refractivity contribution < 1.29 is 34.2 Å². The first-order valence-electron chi connectivity index (χ1n) is 8.57. The van der Waals surface area contributed by atoms with Crippen LogP contribution in [0.3, 0.4) is 0 Å². The summed E-state index contributed by atoms with van der Waals surface area (Å²) in [5, 5.41) is 30.8. The maximum atomic E-state index is 11.8. The molecule has 0 aromatic heterocycles. The highest BCUT2D eigenvalue weighted by Crippen LogP contribution is 2.20. The zero-order chi connectivity index (χ0) is 19.5. The summed E-state index contributed by atoms with van der Waals surface area (Å²) in [4.78, 5) is 34.7. The van der Waals surface area contributed by atoms with Gasteiger partial charge in [-0.15, -0.1) is 0 Å². The minimum absolute atomic E-state index is 0.0178.